The lowest BCUT2D eigenvalue weighted by Crippen LogP contribution is -2.39. The number of fused-ring (bicyclic) bond motifs is 1. The van der Waals surface area contributed by atoms with Crippen molar-refractivity contribution in [3.8, 4) is 5.75 Å². The third-order valence-electron chi connectivity index (χ3n) is 4.05. The lowest BCUT2D eigenvalue weighted by atomic mass is 10.00. The molecule has 1 fully saturated rings. The lowest BCUT2D eigenvalue weighted by molar-refractivity contribution is 0.133. The minimum atomic E-state index is -0.249. The molecule has 0 aliphatic carbocycles. The van der Waals surface area contributed by atoms with Crippen molar-refractivity contribution in [1.82, 2.24) is 9.88 Å². The highest BCUT2D eigenvalue weighted by atomic mass is 16.6. The Bertz CT molecular complexity index is 661. The number of benzene rings is 1. The normalized spacial score (nSPS) is 16.2. The lowest BCUT2D eigenvalue weighted by Gasteiger charge is -2.29. The molecular weight excluding hydrogens is 264 g/mol. The molecule has 0 spiro atoms. The molecule has 1 saturated heterocycles. The fraction of sp³-hybridized carbons (Fsp3) is 0.412. The van der Waals surface area contributed by atoms with Gasteiger partial charge in [-0.25, -0.2) is 4.79 Å². The van der Waals surface area contributed by atoms with Crippen molar-refractivity contribution in [2.24, 2.45) is 5.92 Å². The minimum absolute atomic E-state index is 0.249. The summed E-state index contributed by atoms with van der Waals surface area (Å²) < 4.78 is 5.49. The number of amides is 1. The van der Waals surface area contributed by atoms with E-state index in [9.17, 15) is 4.79 Å². The van der Waals surface area contributed by atoms with Crippen LogP contribution in [0.5, 0.6) is 5.75 Å². The van der Waals surface area contributed by atoms with Crippen LogP contribution in [-0.2, 0) is 0 Å². The third-order valence-corrected chi connectivity index (χ3v) is 4.05. The zero-order chi connectivity index (χ0) is 14.8. The van der Waals surface area contributed by atoms with E-state index >= 15 is 0 Å². The Labute approximate surface area is 124 Å². The number of carbonyl (C=O) groups excluding carboxylic acids is 1. The average Bonchev–Trinajstić information content (AvgIpc) is 2.48. The Kier molecular flexibility index (Phi) is 3.78. The van der Waals surface area contributed by atoms with Crippen LogP contribution in [0.3, 0.4) is 0 Å². The quantitative estimate of drug-likeness (QED) is 0.800. The highest BCUT2D eigenvalue weighted by molar-refractivity contribution is 5.81. The van der Waals surface area contributed by atoms with Gasteiger partial charge in [-0.1, -0.05) is 13.0 Å². The molecule has 0 bridgehead atoms. The maximum absolute atomic E-state index is 12.2. The molecule has 4 heteroatoms. The number of pyridine rings is 1. The molecule has 2 heterocycles. The van der Waals surface area contributed by atoms with E-state index in [0.29, 0.717) is 11.7 Å². The molecule has 1 aliphatic rings. The van der Waals surface area contributed by atoms with Crippen molar-refractivity contribution in [1.29, 1.82) is 0 Å². The molecule has 1 aromatic heterocycles. The van der Waals surface area contributed by atoms with E-state index in [0.717, 1.165) is 42.5 Å². The van der Waals surface area contributed by atoms with E-state index in [4.69, 9.17) is 4.74 Å². The van der Waals surface area contributed by atoms with Gasteiger partial charge in [-0.2, -0.15) is 0 Å². The van der Waals surface area contributed by atoms with Gasteiger partial charge in [0, 0.05) is 24.2 Å². The molecule has 0 saturated carbocycles. The number of rotatable bonds is 1. The number of carbonyl (C=O) groups is 1. The summed E-state index contributed by atoms with van der Waals surface area (Å²) in [5.74, 6) is 1.28. The van der Waals surface area contributed by atoms with E-state index in [1.807, 2.05) is 31.2 Å². The van der Waals surface area contributed by atoms with E-state index in [1.165, 1.54) is 0 Å². The van der Waals surface area contributed by atoms with E-state index < -0.39 is 0 Å². The zero-order valence-electron chi connectivity index (χ0n) is 12.5. The van der Waals surface area contributed by atoms with Crippen molar-refractivity contribution in [2.45, 2.75) is 26.7 Å². The van der Waals surface area contributed by atoms with Crippen LogP contribution in [0.4, 0.5) is 4.79 Å². The number of ether oxygens (including phenoxy) is 1. The van der Waals surface area contributed by atoms with Crippen molar-refractivity contribution >= 4 is 17.0 Å². The smallest absolute Gasteiger partial charge is 0.410 e. The summed E-state index contributed by atoms with van der Waals surface area (Å²) in [4.78, 5) is 18.4. The van der Waals surface area contributed by atoms with Gasteiger partial charge in [0.15, 0.2) is 0 Å². The second kappa shape index (κ2) is 5.72. The van der Waals surface area contributed by atoms with Gasteiger partial charge in [0.1, 0.15) is 5.75 Å². The molecule has 0 atom stereocenters. The summed E-state index contributed by atoms with van der Waals surface area (Å²) in [6, 6.07) is 9.52. The first kappa shape index (κ1) is 13.9. The van der Waals surface area contributed by atoms with Crippen LogP contribution in [-0.4, -0.2) is 29.1 Å². The molecule has 2 aromatic rings. The molecule has 1 aliphatic heterocycles. The summed E-state index contributed by atoms with van der Waals surface area (Å²) in [7, 11) is 0. The van der Waals surface area contributed by atoms with Crippen LogP contribution in [0.15, 0.2) is 30.3 Å². The van der Waals surface area contributed by atoms with Gasteiger partial charge in [-0.3, -0.25) is 4.98 Å². The monoisotopic (exact) mass is 284 g/mol. The molecule has 3 rings (SSSR count). The molecule has 0 unspecified atom stereocenters. The first-order valence-corrected chi connectivity index (χ1v) is 7.46. The van der Waals surface area contributed by atoms with Crippen LogP contribution >= 0.6 is 0 Å². The van der Waals surface area contributed by atoms with Crippen molar-refractivity contribution < 1.29 is 9.53 Å². The SMILES string of the molecule is Cc1ccc2cc(OC(=O)N3CCC(C)CC3)ccc2n1. The number of piperidine rings is 1. The van der Waals surface area contributed by atoms with Gasteiger partial charge in [0.25, 0.3) is 0 Å². The molecular formula is C17H20N2O2. The zero-order valence-corrected chi connectivity index (χ0v) is 12.5. The van der Waals surface area contributed by atoms with Gasteiger partial charge >= 0.3 is 6.09 Å². The maximum atomic E-state index is 12.2. The molecule has 4 nitrogen and oxygen atoms in total. The molecule has 1 aromatic carbocycles. The highest BCUT2D eigenvalue weighted by Crippen LogP contribution is 2.22. The van der Waals surface area contributed by atoms with E-state index in [2.05, 4.69) is 11.9 Å². The van der Waals surface area contributed by atoms with Crippen LogP contribution < -0.4 is 4.74 Å². The topological polar surface area (TPSA) is 42.4 Å². The van der Waals surface area contributed by atoms with Gasteiger partial charge in [0.2, 0.25) is 0 Å². The van der Waals surface area contributed by atoms with Gasteiger partial charge < -0.3 is 9.64 Å². The van der Waals surface area contributed by atoms with E-state index in [-0.39, 0.29) is 6.09 Å². The molecule has 0 radical (unpaired) electrons. The minimum Gasteiger partial charge on any atom is -0.410 e. The van der Waals surface area contributed by atoms with Crippen molar-refractivity contribution in [3.63, 3.8) is 0 Å². The Balaban J connectivity index is 1.72. The number of aromatic nitrogens is 1. The summed E-state index contributed by atoms with van der Waals surface area (Å²) in [5.41, 5.74) is 1.90. The first-order valence-electron chi connectivity index (χ1n) is 7.46. The average molecular weight is 284 g/mol. The molecule has 1 amide bonds. The molecule has 21 heavy (non-hydrogen) atoms. The predicted octanol–water partition coefficient (Wildman–Crippen LogP) is 3.77. The standard InChI is InChI=1S/C17H20N2O2/c1-12-7-9-19(10-8-12)17(20)21-15-5-6-16-14(11-15)4-3-13(2)18-16/h3-6,11-12H,7-10H2,1-2H3. The van der Waals surface area contributed by atoms with Crippen LogP contribution in [0, 0.1) is 12.8 Å². The number of likely N-dealkylation sites (tertiary alicyclic amines) is 1. The van der Waals surface area contributed by atoms with Crippen LogP contribution in [0.2, 0.25) is 0 Å². The number of hydrogen-bond donors (Lipinski definition) is 0. The van der Waals surface area contributed by atoms with Gasteiger partial charge in [-0.15, -0.1) is 0 Å². The maximum Gasteiger partial charge on any atom is 0.415 e. The Morgan fingerprint density at radius 2 is 2.00 bits per heavy atom. The fourth-order valence-corrected chi connectivity index (χ4v) is 2.63. The van der Waals surface area contributed by atoms with Crippen LogP contribution in [0.25, 0.3) is 10.9 Å². The number of aryl methyl sites for hydroxylation is 1. The van der Waals surface area contributed by atoms with E-state index in [1.54, 1.807) is 11.0 Å². The summed E-state index contributed by atoms with van der Waals surface area (Å²) in [5, 5.41) is 0.984. The second-order valence-electron chi connectivity index (χ2n) is 5.84. The largest absolute Gasteiger partial charge is 0.415 e. The van der Waals surface area contributed by atoms with Crippen molar-refractivity contribution in [2.75, 3.05) is 13.1 Å². The Morgan fingerprint density at radius 1 is 1.24 bits per heavy atom. The summed E-state index contributed by atoms with van der Waals surface area (Å²) in [6.07, 6.45) is 1.85. The molecule has 0 N–H and O–H groups in total. The second-order valence-corrected chi connectivity index (χ2v) is 5.84. The highest BCUT2D eigenvalue weighted by Gasteiger charge is 2.21. The third kappa shape index (κ3) is 3.15. The van der Waals surface area contributed by atoms with Crippen molar-refractivity contribution in [3.05, 3.63) is 36.0 Å². The van der Waals surface area contributed by atoms with Crippen LogP contribution in [0.1, 0.15) is 25.5 Å². The fourth-order valence-electron chi connectivity index (χ4n) is 2.63. The Morgan fingerprint density at radius 3 is 2.76 bits per heavy atom. The summed E-state index contributed by atoms with van der Waals surface area (Å²) in [6.45, 7) is 5.76. The van der Waals surface area contributed by atoms with Gasteiger partial charge in [-0.05, 0) is 49.9 Å². The molecule has 110 valence electrons. The Hall–Kier alpha value is -2.10. The first-order chi connectivity index (χ1) is 10.1. The number of hydrogen-bond acceptors (Lipinski definition) is 3. The predicted molar refractivity (Wildman–Crippen MR) is 82.5 cm³/mol. The summed E-state index contributed by atoms with van der Waals surface area (Å²) >= 11 is 0. The van der Waals surface area contributed by atoms with Gasteiger partial charge in [0.05, 0.1) is 5.52 Å². The number of nitrogens with zero attached hydrogens (tertiary/aromatic N) is 2.